The number of guanidine groups is 1. The Labute approximate surface area is 215 Å². The topological polar surface area (TPSA) is 284 Å². The van der Waals surface area contributed by atoms with Crippen molar-refractivity contribution in [2.75, 3.05) is 18.8 Å². The van der Waals surface area contributed by atoms with Crippen LogP contribution in [0.5, 0.6) is 0 Å². The molecule has 36 heavy (non-hydrogen) atoms. The number of rotatable bonds is 19. The molecular formula is C20H39N9O6S. The zero-order chi connectivity index (χ0) is 27.7. The highest BCUT2D eigenvalue weighted by molar-refractivity contribution is 7.80. The summed E-state index contributed by atoms with van der Waals surface area (Å²) in [5.41, 5.74) is 26.9. The zero-order valence-corrected chi connectivity index (χ0v) is 21.0. The first-order valence-corrected chi connectivity index (χ1v) is 12.1. The van der Waals surface area contributed by atoms with Gasteiger partial charge in [-0.2, -0.15) is 12.6 Å². The van der Waals surface area contributed by atoms with Crippen LogP contribution in [0.25, 0.3) is 0 Å². The average molecular weight is 534 g/mol. The number of carbonyl (C=O) groups excluding carboxylic acids is 4. The molecule has 0 radical (unpaired) electrons. The number of carboxylic acids is 1. The van der Waals surface area contributed by atoms with Crippen LogP contribution in [-0.4, -0.2) is 83.7 Å². The smallest absolute Gasteiger partial charge is 0.326 e. The summed E-state index contributed by atoms with van der Waals surface area (Å²) in [6.45, 7) is 0.644. The van der Waals surface area contributed by atoms with Crippen molar-refractivity contribution in [2.24, 2.45) is 33.7 Å². The lowest BCUT2D eigenvalue weighted by atomic mass is 10.1. The van der Waals surface area contributed by atoms with Crippen LogP contribution < -0.4 is 44.6 Å². The van der Waals surface area contributed by atoms with Gasteiger partial charge in [-0.05, 0) is 45.1 Å². The third-order valence-corrected chi connectivity index (χ3v) is 5.36. The molecule has 0 bridgehead atoms. The van der Waals surface area contributed by atoms with Crippen LogP contribution in [0, 0.1) is 0 Å². The number of aliphatic imine (C=N–C) groups is 1. The largest absolute Gasteiger partial charge is 0.480 e. The SMILES string of the molecule is NCCCCC(NC(=O)C(CS)NC(=O)C(N)CCCN=C(N)N)C(=O)NC(CCC(N)=O)C(=O)O. The molecule has 0 aliphatic carbocycles. The number of thiol groups is 1. The molecule has 0 aromatic heterocycles. The first-order chi connectivity index (χ1) is 16.9. The van der Waals surface area contributed by atoms with E-state index < -0.39 is 53.8 Å². The van der Waals surface area contributed by atoms with Gasteiger partial charge >= 0.3 is 5.97 Å². The number of amides is 4. The van der Waals surface area contributed by atoms with Gasteiger partial charge < -0.3 is 49.7 Å². The van der Waals surface area contributed by atoms with E-state index in [0.717, 1.165) is 0 Å². The second-order valence-corrected chi connectivity index (χ2v) is 8.41. The van der Waals surface area contributed by atoms with Gasteiger partial charge in [0.1, 0.15) is 18.1 Å². The Morgan fingerprint density at radius 2 is 1.39 bits per heavy atom. The Hall–Kier alpha value is -3.11. The van der Waals surface area contributed by atoms with Crippen molar-refractivity contribution in [2.45, 2.75) is 69.1 Å². The highest BCUT2D eigenvalue weighted by Crippen LogP contribution is 2.05. The molecule has 0 spiro atoms. The molecule has 16 heteroatoms. The van der Waals surface area contributed by atoms with Crippen molar-refractivity contribution in [1.82, 2.24) is 16.0 Å². The van der Waals surface area contributed by atoms with Crippen molar-refractivity contribution < 1.29 is 29.1 Å². The number of primary amides is 1. The van der Waals surface area contributed by atoms with Crippen molar-refractivity contribution in [3.8, 4) is 0 Å². The van der Waals surface area contributed by atoms with Gasteiger partial charge in [0.15, 0.2) is 5.96 Å². The van der Waals surface area contributed by atoms with Crippen LogP contribution in [0.3, 0.4) is 0 Å². The molecule has 0 heterocycles. The number of hydrogen-bond donors (Lipinski definition) is 10. The van der Waals surface area contributed by atoms with E-state index in [4.69, 9.17) is 28.7 Å². The lowest BCUT2D eigenvalue weighted by Crippen LogP contribution is -2.57. The molecule has 0 aromatic rings. The Kier molecular flexibility index (Phi) is 16.6. The highest BCUT2D eigenvalue weighted by Gasteiger charge is 2.29. The fraction of sp³-hybridized carbons (Fsp3) is 0.700. The molecule has 0 saturated carbocycles. The van der Waals surface area contributed by atoms with E-state index in [-0.39, 0.29) is 43.9 Å². The molecule has 0 fully saturated rings. The molecule has 0 rings (SSSR count). The van der Waals surface area contributed by atoms with E-state index >= 15 is 0 Å². The van der Waals surface area contributed by atoms with E-state index in [0.29, 0.717) is 25.8 Å². The van der Waals surface area contributed by atoms with Gasteiger partial charge in [-0.15, -0.1) is 0 Å². The highest BCUT2D eigenvalue weighted by atomic mass is 32.1. The van der Waals surface area contributed by atoms with Crippen LogP contribution in [0.4, 0.5) is 0 Å². The van der Waals surface area contributed by atoms with Crippen molar-refractivity contribution in [3.63, 3.8) is 0 Å². The van der Waals surface area contributed by atoms with Crippen molar-refractivity contribution >= 4 is 48.2 Å². The van der Waals surface area contributed by atoms with Gasteiger partial charge in [0.05, 0.1) is 6.04 Å². The fourth-order valence-corrected chi connectivity index (χ4v) is 3.23. The summed E-state index contributed by atoms with van der Waals surface area (Å²) in [7, 11) is 0. The predicted molar refractivity (Wildman–Crippen MR) is 137 cm³/mol. The lowest BCUT2D eigenvalue weighted by Gasteiger charge is -2.24. The average Bonchev–Trinajstić information content (AvgIpc) is 2.81. The molecule has 4 unspecified atom stereocenters. The molecule has 15 nitrogen and oxygen atoms in total. The third kappa shape index (κ3) is 14.3. The van der Waals surface area contributed by atoms with Crippen LogP contribution in [0.15, 0.2) is 4.99 Å². The van der Waals surface area contributed by atoms with Crippen LogP contribution in [0.1, 0.15) is 44.9 Å². The van der Waals surface area contributed by atoms with E-state index in [2.05, 4.69) is 33.6 Å². The second-order valence-electron chi connectivity index (χ2n) is 8.05. The van der Waals surface area contributed by atoms with E-state index in [1.54, 1.807) is 0 Å². The van der Waals surface area contributed by atoms with Gasteiger partial charge in [-0.25, -0.2) is 4.79 Å². The third-order valence-electron chi connectivity index (χ3n) is 4.99. The van der Waals surface area contributed by atoms with Crippen LogP contribution in [-0.2, 0) is 24.0 Å². The number of nitrogens with one attached hydrogen (secondary N) is 3. The Bertz CT molecular complexity index is 779. The number of aliphatic carboxylic acids is 1. The normalized spacial score (nSPS) is 14.0. The standard InChI is InChI=1S/C20H39N9O6S/c21-8-2-1-5-12(17(32)28-13(19(34)35)6-7-15(23)30)27-18(33)14(10-36)29-16(31)11(22)4-3-9-26-20(24)25/h11-14,36H,1-10,21-22H2,(H2,23,30)(H,27,33)(H,28,32)(H,29,31)(H,34,35)(H4,24,25,26). The summed E-state index contributed by atoms with van der Waals surface area (Å²) in [4.78, 5) is 64.2. The first-order valence-electron chi connectivity index (χ1n) is 11.5. The van der Waals surface area contributed by atoms with Gasteiger partial charge in [-0.3, -0.25) is 24.2 Å². The molecule has 0 aliphatic rings. The summed E-state index contributed by atoms with van der Waals surface area (Å²) in [5.74, 6) is -4.31. The number of carbonyl (C=O) groups is 5. The van der Waals surface area contributed by atoms with Crippen molar-refractivity contribution in [3.05, 3.63) is 0 Å². The van der Waals surface area contributed by atoms with E-state index in [9.17, 15) is 29.1 Å². The monoisotopic (exact) mass is 533 g/mol. The molecule has 4 atom stereocenters. The van der Waals surface area contributed by atoms with Crippen LogP contribution in [0.2, 0.25) is 0 Å². The number of nitrogens with two attached hydrogens (primary N) is 5. The van der Waals surface area contributed by atoms with Crippen molar-refractivity contribution in [1.29, 1.82) is 0 Å². The Balaban J connectivity index is 5.20. The number of unbranched alkanes of at least 4 members (excludes halogenated alkanes) is 1. The minimum atomic E-state index is -1.38. The van der Waals surface area contributed by atoms with E-state index in [1.807, 2.05) is 0 Å². The molecule has 14 N–H and O–H groups in total. The maximum absolute atomic E-state index is 12.8. The number of nitrogens with zero attached hydrogens (tertiary/aromatic N) is 1. The predicted octanol–water partition coefficient (Wildman–Crippen LogP) is -3.77. The second kappa shape index (κ2) is 18.2. The molecule has 0 aromatic carbocycles. The number of carboxylic acid groups (broad SMARTS) is 1. The molecule has 0 saturated heterocycles. The molecule has 4 amide bonds. The summed E-state index contributed by atoms with van der Waals surface area (Å²) in [5, 5.41) is 16.6. The fourth-order valence-electron chi connectivity index (χ4n) is 2.97. The van der Waals surface area contributed by atoms with Crippen LogP contribution >= 0.6 is 12.6 Å². The summed E-state index contributed by atoms with van der Waals surface area (Å²) in [6, 6.07) is -4.54. The quantitative estimate of drug-likeness (QED) is 0.0334. The Morgan fingerprint density at radius 1 is 0.806 bits per heavy atom. The molecule has 206 valence electrons. The van der Waals surface area contributed by atoms with E-state index in [1.165, 1.54) is 0 Å². The lowest BCUT2D eigenvalue weighted by molar-refractivity contribution is -0.142. The van der Waals surface area contributed by atoms with Gasteiger partial charge in [0.25, 0.3) is 0 Å². The van der Waals surface area contributed by atoms with Gasteiger partial charge in [0, 0.05) is 18.7 Å². The van der Waals surface area contributed by atoms with Gasteiger partial charge in [-0.1, -0.05) is 0 Å². The zero-order valence-electron chi connectivity index (χ0n) is 20.2. The molecular weight excluding hydrogens is 494 g/mol. The maximum Gasteiger partial charge on any atom is 0.326 e. The summed E-state index contributed by atoms with van der Waals surface area (Å²) < 4.78 is 0. The number of hydrogen-bond acceptors (Lipinski definition) is 9. The minimum Gasteiger partial charge on any atom is -0.480 e. The summed E-state index contributed by atoms with van der Waals surface area (Å²) in [6.07, 6.45) is 1.42. The maximum atomic E-state index is 12.8. The Morgan fingerprint density at radius 3 is 1.92 bits per heavy atom. The molecule has 0 aliphatic heterocycles. The summed E-state index contributed by atoms with van der Waals surface area (Å²) >= 11 is 4.09. The van der Waals surface area contributed by atoms with Gasteiger partial charge in [0.2, 0.25) is 23.6 Å². The first kappa shape index (κ1) is 32.9. The minimum absolute atomic E-state index is 0.0765.